The van der Waals surface area contributed by atoms with Crippen molar-refractivity contribution in [2.75, 3.05) is 18.6 Å². The van der Waals surface area contributed by atoms with E-state index in [1.165, 1.54) is 0 Å². The van der Waals surface area contributed by atoms with Gasteiger partial charge in [0, 0.05) is 30.2 Å². The van der Waals surface area contributed by atoms with Crippen molar-refractivity contribution in [1.29, 1.82) is 0 Å². The van der Waals surface area contributed by atoms with Crippen LogP contribution in [0.25, 0.3) is 0 Å². The summed E-state index contributed by atoms with van der Waals surface area (Å²) in [7, 11) is 1.55. The molecule has 0 aliphatic carbocycles. The number of methoxy groups -OCH3 is 1. The summed E-state index contributed by atoms with van der Waals surface area (Å²) >= 11 is 0. The zero-order chi connectivity index (χ0) is 14.5. The van der Waals surface area contributed by atoms with Gasteiger partial charge in [0.15, 0.2) is 0 Å². The summed E-state index contributed by atoms with van der Waals surface area (Å²) in [4.78, 5) is 16.1. The van der Waals surface area contributed by atoms with Crippen molar-refractivity contribution < 1.29 is 9.53 Å². The number of rotatable bonds is 4. The third-order valence-corrected chi connectivity index (χ3v) is 2.78. The fourth-order valence-electron chi connectivity index (χ4n) is 1.70. The Morgan fingerprint density at radius 1 is 1.30 bits per heavy atom. The van der Waals surface area contributed by atoms with E-state index in [0.29, 0.717) is 29.4 Å². The molecule has 1 aromatic heterocycles. The van der Waals surface area contributed by atoms with E-state index < -0.39 is 0 Å². The second kappa shape index (κ2) is 5.92. The first-order valence-electron chi connectivity index (χ1n) is 6.02. The van der Waals surface area contributed by atoms with Crippen LogP contribution in [-0.2, 0) is 6.54 Å². The van der Waals surface area contributed by atoms with E-state index in [0.717, 1.165) is 5.56 Å². The molecule has 2 aromatic rings. The standard InChI is InChI=1S/C14H16N4O2/c1-20-13-5-2-9(7-17-13)8-18-14(19)11-4-3-10(15)6-12(11)16/h2-7H,8,15-16H2,1H3,(H,18,19). The van der Waals surface area contributed by atoms with Crippen LogP contribution in [0.15, 0.2) is 36.5 Å². The van der Waals surface area contributed by atoms with Crippen LogP contribution in [-0.4, -0.2) is 18.0 Å². The van der Waals surface area contributed by atoms with E-state index in [1.807, 2.05) is 6.07 Å². The smallest absolute Gasteiger partial charge is 0.253 e. The highest BCUT2D eigenvalue weighted by molar-refractivity contribution is 5.99. The summed E-state index contributed by atoms with van der Waals surface area (Å²) in [5.74, 6) is 0.279. The minimum absolute atomic E-state index is 0.252. The molecule has 0 atom stereocenters. The number of carbonyl (C=O) groups excluding carboxylic acids is 1. The summed E-state index contributed by atoms with van der Waals surface area (Å²) in [6.45, 7) is 0.361. The number of carbonyl (C=O) groups is 1. The van der Waals surface area contributed by atoms with E-state index in [1.54, 1.807) is 37.6 Å². The molecule has 1 aromatic carbocycles. The number of nitrogens with one attached hydrogen (secondary N) is 1. The number of ether oxygens (including phenoxy) is 1. The SMILES string of the molecule is COc1ccc(CNC(=O)c2ccc(N)cc2N)cn1. The predicted molar refractivity (Wildman–Crippen MR) is 77.2 cm³/mol. The molecule has 2 rings (SSSR count). The Kier molecular flexibility index (Phi) is 4.05. The lowest BCUT2D eigenvalue weighted by Gasteiger charge is -2.08. The van der Waals surface area contributed by atoms with E-state index in [9.17, 15) is 4.79 Å². The molecule has 1 heterocycles. The molecule has 1 amide bonds. The van der Waals surface area contributed by atoms with Crippen LogP contribution in [0.4, 0.5) is 11.4 Å². The van der Waals surface area contributed by atoms with Gasteiger partial charge in [0.2, 0.25) is 5.88 Å². The van der Waals surface area contributed by atoms with E-state index in [-0.39, 0.29) is 5.91 Å². The molecular formula is C14H16N4O2. The Bertz CT molecular complexity index is 611. The maximum atomic E-state index is 12.0. The van der Waals surface area contributed by atoms with Crippen LogP contribution >= 0.6 is 0 Å². The number of hydrogen-bond acceptors (Lipinski definition) is 5. The number of aromatic nitrogens is 1. The van der Waals surface area contributed by atoms with Gasteiger partial charge in [-0.25, -0.2) is 4.98 Å². The van der Waals surface area contributed by atoms with Crippen molar-refractivity contribution in [2.24, 2.45) is 0 Å². The first kappa shape index (κ1) is 13.7. The molecule has 0 aliphatic rings. The molecule has 0 aliphatic heterocycles. The third-order valence-electron chi connectivity index (χ3n) is 2.78. The lowest BCUT2D eigenvalue weighted by Crippen LogP contribution is -2.23. The average molecular weight is 272 g/mol. The summed E-state index contributed by atoms with van der Waals surface area (Å²) in [6.07, 6.45) is 1.64. The highest BCUT2D eigenvalue weighted by Gasteiger charge is 2.09. The fourth-order valence-corrected chi connectivity index (χ4v) is 1.70. The van der Waals surface area contributed by atoms with Crippen molar-refractivity contribution in [3.05, 3.63) is 47.7 Å². The lowest BCUT2D eigenvalue weighted by molar-refractivity contribution is 0.0952. The maximum absolute atomic E-state index is 12.0. The van der Waals surface area contributed by atoms with Crippen LogP contribution in [0, 0.1) is 0 Å². The number of hydrogen-bond donors (Lipinski definition) is 3. The number of nitrogens with two attached hydrogens (primary N) is 2. The molecule has 0 bridgehead atoms. The Labute approximate surface area is 116 Å². The van der Waals surface area contributed by atoms with Crippen molar-refractivity contribution in [1.82, 2.24) is 10.3 Å². The minimum Gasteiger partial charge on any atom is -0.481 e. The lowest BCUT2D eigenvalue weighted by atomic mass is 10.1. The Balaban J connectivity index is 2.00. The number of amides is 1. The monoisotopic (exact) mass is 272 g/mol. The minimum atomic E-state index is -0.252. The van der Waals surface area contributed by atoms with Gasteiger partial charge in [-0.1, -0.05) is 6.07 Å². The first-order chi connectivity index (χ1) is 9.60. The summed E-state index contributed by atoms with van der Waals surface area (Å²) in [5.41, 5.74) is 13.5. The van der Waals surface area contributed by atoms with E-state index in [2.05, 4.69) is 10.3 Å². The molecule has 20 heavy (non-hydrogen) atoms. The zero-order valence-corrected chi connectivity index (χ0v) is 11.1. The van der Waals surface area contributed by atoms with Crippen LogP contribution in [0.1, 0.15) is 15.9 Å². The van der Waals surface area contributed by atoms with Gasteiger partial charge in [-0.15, -0.1) is 0 Å². The first-order valence-corrected chi connectivity index (χ1v) is 6.02. The van der Waals surface area contributed by atoms with Crippen LogP contribution in [0.3, 0.4) is 0 Å². The van der Waals surface area contributed by atoms with Crippen molar-refractivity contribution in [2.45, 2.75) is 6.54 Å². The predicted octanol–water partition coefficient (Wildman–Crippen LogP) is 1.18. The summed E-state index contributed by atoms with van der Waals surface area (Å²) in [6, 6.07) is 8.37. The molecule has 6 heteroatoms. The highest BCUT2D eigenvalue weighted by atomic mass is 16.5. The van der Waals surface area contributed by atoms with Crippen LogP contribution in [0.2, 0.25) is 0 Å². The zero-order valence-electron chi connectivity index (χ0n) is 11.1. The number of pyridine rings is 1. The number of anilines is 2. The molecule has 0 saturated heterocycles. The molecule has 0 radical (unpaired) electrons. The quantitative estimate of drug-likeness (QED) is 0.725. The molecule has 0 unspecified atom stereocenters. The van der Waals surface area contributed by atoms with Gasteiger partial charge in [0.05, 0.1) is 12.7 Å². The normalized spacial score (nSPS) is 10.1. The molecule has 5 N–H and O–H groups in total. The second-order valence-electron chi connectivity index (χ2n) is 4.24. The van der Waals surface area contributed by atoms with Gasteiger partial charge >= 0.3 is 0 Å². The summed E-state index contributed by atoms with van der Waals surface area (Å²) in [5, 5.41) is 2.77. The van der Waals surface area contributed by atoms with E-state index in [4.69, 9.17) is 16.2 Å². The van der Waals surface area contributed by atoms with Crippen molar-refractivity contribution in [3.8, 4) is 5.88 Å². The van der Waals surface area contributed by atoms with Gasteiger partial charge in [-0.3, -0.25) is 4.79 Å². The highest BCUT2D eigenvalue weighted by Crippen LogP contribution is 2.15. The largest absolute Gasteiger partial charge is 0.481 e. The summed E-state index contributed by atoms with van der Waals surface area (Å²) < 4.78 is 4.96. The maximum Gasteiger partial charge on any atom is 0.253 e. The number of nitrogens with zero attached hydrogens (tertiary/aromatic N) is 1. The van der Waals surface area contributed by atoms with Gasteiger partial charge in [0.25, 0.3) is 5.91 Å². The topological polar surface area (TPSA) is 103 Å². The van der Waals surface area contributed by atoms with Gasteiger partial charge in [-0.05, 0) is 23.8 Å². The number of nitrogen functional groups attached to an aromatic ring is 2. The van der Waals surface area contributed by atoms with E-state index >= 15 is 0 Å². The van der Waals surface area contributed by atoms with Gasteiger partial charge < -0.3 is 21.5 Å². The van der Waals surface area contributed by atoms with Gasteiger partial charge in [0.1, 0.15) is 0 Å². The fraction of sp³-hybridized carbons (Fsp3) is 0.143. The molecule has 0 saturated carbocycles. The van der Waals surface area contributed by atoms with Crippen molar-refractivity contribution >= 4 is 17.3 Å². The van der Waals surface area contributed by atoms with Gasteiger partial charge in [-0.2, -0.15) is 0 Å². The molecular weight excluding hydrogens is 256 g/mol. The van der Waals surface area contributed by atoms with Crippen LogP contribution in [0.5, 0.6) is 5.88 Å². The van der Waals surface area contributed by atoms with Crippen molar-refractivity contribution in [3.63, 3.8) is 0 Å². The Hall–Kier alpha value is -2.76. The second-order valence-corrected chi connectivity index (χ2v) is 4.24. The Morgan fingerprint density at radius 2 is 2.10 bits per heavy atom. The molecule has 0 spiro atoms. The average Bonchev–Trinajstić information content (AvgIpc) is 2.45. The number of benzene rings is 1. The molecule has 6 nitrogen and oxygen atoms in total. The molecule has 104 valence electrons. The Morgan fingerprint density at radius 3 is 2.70 bits per heavy atom. The molecule has 0 fully saturated rings. The van der Waals surface area contributed by atoms with Crippen LogP contribution < -0.4 is 21.5 Å². The third kappa shape index (κ3) is 3.17.